The number of hydrogen-bond donors (Lipinski definition) is 0. The molecule has 0 amide bonds. The Labute approximate surface area is 156 Å². The summed E-state index contributed by atoms with van der Waals surface area (Å²) < 4.78 is 0. The molecule has 1 fully saturated rings. The molecule has 2 nitrogen and oxygen atoms in total. The van der Waals surface area contributed by atoms with E-state index < -0.39 is 0 Å². The predicted octanol–water partition coefficient (Wildman–Crippen LogP) is 6.20. The Bertz CT molecular complexity index is 748. The van der Waals surface area contributed by atoms with Crippen molar-refractivity contribution >= 4 is 11.6 Å². The van der Waals surface area contributed by atoms with Crippen molar-refractivity contribution in [2.24, 2.45) is 5.92 Å². The first-order valence-electron chi connectivity index (χ1n) is 9.88. The van der Waals surface area contributed by atoms with Gasteiger partial charge in [0.05, 0.1) is 0 Å². The molecule has 0 saturated heterocycles. The summed E-state index contributed by atoms with van der Waals surface area (Å²) in [5.74, 6) is 1.49. The zero-order valence-electron chi connectivity index (χ0n) is 15.8. The molecular formula is C24H28O2. The maximum atomic E-state index is 11.9. The maximum absolute atomic E-state index is 11.9. The van der Waals surface area contributed by atoms with Gasteiger partial charge in [0, 0.05) is 24.3 Å². The van der Waals surface area contributed by atoms with E-state index in [1.54, 1.807) is 0 Å². The quantitative estimate of drug-likeness (QED) is 0.582. The van der Waals surface area contributed by atoms with Crippen LogP contribution in [0.5, 0.6) is 0 Å². The highest BCUT2D eigenvalue weighted by Crippen LogP contribution is 2.37. The third-order valence-corrected chi connectivity index (χ3v) is 5.77. The average Bonchev–Trinajstić information content (AvgIpc) is 2.73. The first kappa shape index (κ1) is 18.6. The lowest BCUT2D eigenvalue weighted by molar-refractivity contribution is -0.123. The van der Waals surface area contributed by atoms with Crippen molar-refractivity contribution in [2.45, 2.75) is 58.3 Å². The molecule has 3 rings (SSSR count). The molecule has 0 N–H and O–H groups in total. The van der Waals surface area contributed by atoms with E-state index in [2.05, 4.69) is 24.3 Å². The van der Waals surface area contributed by atoms with Crippen LogP contribution >= 0.6 is 0 Å². The second kappa shape index (κ2) is 8.44. The van der Waals surface area contributed by atoms with Crippen molar-refractivity contribution in [2.75, 3.05) is 0 Å². The molecule has 1 aliphatic carbocycles. The summed E-state index contributed by atoms with van der Waals surface area (Å²) in [5.41, 5.74) is 4.49. The first-order chi connectivity index (χ1) is 12.6. The van der Waals surface area contributed by atoms with Crippen LogP contribution in [0.15, 0.2) is 48.5 Å². The molecule has 0 unspecified atom stereocenters. The van der Waals surface area contributed by atoms with Gasteiger partial charge in [-0.1, -0.05) is 62.4 Å². The van der Waals surface area contributed by atoms with E-state index in [1.165, 1.54) is 11.1 Å². The summed E-state index contributed by atoms with van der Waals surface area (Å²) in [5, 5.41) is 0. The van der Waals surface area contributed by atoms with Crippen molar-refractivity contribution in [3.63, 3.8) is 0 Å². The predicted molar refractivity (Wildman–Crippen MR) is 106 cm³/mol. The molecule has 1 saturated carbocycles. The fourth-order valence-corrected chi connectivity index (χ4v) is 4.04. The lowest BCUT2D eigenvalue weighted by Crippen LogP contribution is -2.20. The fraction of sp³-hybridized carbons (Fsp3) is 0.417. The van der Waals surface area contributed by atoms with Crippen molar-refractivity contribution in [1.82, 2.24) is 0 Å². The van der Waals surface area contributed by atoms with Gasteiger partial charge < -0.3 is 0 Å². The van der Waals surface area contributed by atoms with Crippen molar-refractivity contribution in [3.05, 3.63) is 59.7 Å². The van der Waals surface area contributed by atoms with Crippen LogP contribution in [0.1, 0.15) is 74.2 Å². The van der Waals surface area contributed by atoms with E-state index in [0.29, 0.717) is 30.5 Å². The zero-order valence-corrected chi connectivity index (χ0v) is 15.8. The van der Waals surface area contributed by atoms with Crippen molar-refractivity contribution < 1.29 is 9.59 Å². The highest BCUT2D eigenvalue weighted by atomic mass is 16.1. The van der Waals surface area contributed by atoms with Gasteiger partial charge in [-0.3, -0.25) is 9.59 Å². The number of rotatable bonds is 6. The summed E-state index contributed by atoms with van der Waals surface area (Å²) in [6.07, 6.45) is 5.51. The van der Waals surface area contributed by atoms with Crippen LogP contribution in [-0.2, 0) is 4.79 Å². The standard InChI is InChI=1S/C24H28O2/c1-3-23(25)21-13-9-19(10-14-21)17-5-7-18(8-6-17)20-11-15-22(16-12-20)24(26)4-2/h5-10,13-14,20,22H,3-4,11-12,15-16H2,1-2H3. The largest absolute Gasteiger partial charge is 0.299 e. The summed E-state index contributed by atoms with van der Waals surface area (Å²) in [4.78, 5) is 23.6. The van der Waals surface area contributed by atoms with Gasteiger partial charge in [0.2, 0.25) is 0 Å². The number of hydrogen-bond acceptors (Lipinski definition) is 2. The number of carbonyl (C=O) groups is 2. The second-order valence-corrected chi connectivity index (χ2v) is 7.34. The molecule has 0 spiro atoms. The Morgan fingerprint density at radius 1 is 0.769 bits per heavy atom. The van der Waals surface area contributed by atoms with Crippen molar-refractivity contribution in [3.8, 4) is 11.1 Å². The zero-order chi connectivity index (χ0) is 18.5. The highest BCUT2D eigenvalue weighted by molar-refractivity contribution is 5.96. The van der Waals surface area contributed by atoms with E-state index in [4.69, 9.17) is 0 Å². The van der Waals surface area contributed by atoms with Gasteiger partial charge in [-0.25, -0.2) is 0 Å². The van der Waals surface area contributed by atoms with Crippen LogP contribution in [0.25, 0.3) is 11.1 Å². The summed E-state index contributed by atoms with van der Waals surface area (Å²) in [6, 6.07) is 16.7. The summed E-state index contributed by atoms with van der Waals surface area (Å²) in [7, 11) is 0. The molecule has 136 valence electrons. The van der Waals surface area contributed by atoms with Gasteiger partial charge in [0.15, 0.2) is 5.78 Å². The van der Waals surface area contributed by atoms with E-state index in [9.17, 15) is 9.59 Å². The van der Waals surface area contributed by atoms with Crippen LogP contribution in [0.2, 0.25) is 0 Å². The van der Waals surface area contributed by atoms with Crippen LogP contribution in [-0.4, -0.2) is 11.6 Å². The smallest absolute Gasteiger partial charge is 0.162 e. The van der Waals surface area contributed by atoms with E-state index >= 15 is 0 Å². The fourth-order valence-electron chi connectivity index (χ4n) is 4.04. The molecule has 2 aromatic rings. The van der Waals surface area contributed by atoms with Crippen LogP contribution < -0.4 is 0 Å². The maximum Gasteiger partial charge on any atom is 0.162 e. The number of carbonyl (C=O) groups excluding carboxylic acids is 2. The molecule has 2 heteroatoms. The molecule has 2 aromatic carbocycles. The first-order valence-corrected chi connectivity index (χ1v) is 9.88. The van der Waals surface area contributed by atoms with Gasteiger partial charge in [-0.05, 0) is 48.3 Å². The van der Waals surface area contributed by atoms with E-state index in [1.807, 2.05) is 38.1 Å². The Hall–Kier alpha value is -2.22. The lowest BCUT2D eigenvalue weighted by atomic mass is 9.76. The lowest BCUT2D eigenvalue weighted by Gasteiger charge is -2.28. The number of benzene rings is 2. The van der Waals surface area contributed by atoms with Crippen LogP contribution in [0.3, 0.4) is 0 Å². The molecular weight excluding hydrogens is 320 g/mol. The molecule has 26 heavy (non-hydrogen) atoms. The van der Waals surface area contributed by atoms with Crippen LogP contribution in [0, 0.1) is 5.92 Å². The summed E-state index contributed by atoms with van der Waals surface area (Å²) in [6.45, 7) is 3.86. The van der Waals surface area contributed by atoms with E-state index in [-0.39, 0.29) is 5.78 Å². The SMILES string of the molecule is CCC(=O)c1ccc(-c2ccc(C3CCC(C(=O)CC)CC3)cc2)cc1. The molecule has 0 bridgehead atoms. The van der Waals surface area contributed by atoms with Gasteiger partial charge in [0.1, 0.15) is 5.78 Å². The second-order valence-electron chi connectivity index (χ2n) is 7.34. The van der Waals surface area contributed by atoms with Crippen molar-refractivity contribution in [1.29, 1.82) is 0 Å². The Morgan fingerprint density at radius 3 is 1.81 bits per heavy atom. The van der Waals surface area contributed by atoms with Gasteiger partial charge >= 0.3 is 0 Å². The molecule has 0 aliphatic heterocycles. The summed E-state index contributed by atoms with van der Waals surface area (Å²) >= 11 is 0. The third-order valence-electron chi connectivity index (χ3n) is 5.77. The van der Waals surface area contributed by atoms with E-state index in [0.717, 1.165) is 36.8 Å². The van der Waals surface area contributed by atoms with Gasteiger partial charge in [-0.15, -0.1) is 0 Å². The molecule has 0 aromatic heterocycles. The molecule has 0 radical (unpaired) electrons. The minimum Gasteiger partial charge on any atom is -0.299 e. The topological polar surface area (TPSA) is 34.1 Å². The minimum atomic E-state index is 0.184. The molecule has 0 heterocycles. The monoisotopic (exact) mass is 348 g/mol. The Morgan fingerprint density at radius 2 is 1.31 bits per heavy atom. The normalized spacial score (nSPS) is 19.9. The molecule has 0 atom stereocenters. The molecule has 1 aliphatic rings. The average molecular weight is 348 g/mol. The Balaban J connectivity index is 1.65. The van der Waals surface area contributed by atoms with Gasteiger partial charge in [0.25, 0.3) is 0 Å². The minimum absolute atomic E-state index is 0.184. The Kier molecular flexibility index (Phi) is 6.03. The highest BCUT2D eigenvalue weighted by Gasteiger charge is 2.25. The number of Topliss-reactive ketones (excluding diaryl/α,β-unsaturated/α-hetero) is 2. The van der Waals surface area contributed by atoms with Crippen LogP contribution in [0.4, 0.5) is 0 Å². The number of ketones is 2. The third kappa shape index (κ3) is 4.12. The van der Waals surface area contributed by atoms with Gasteiger partial charge in [-0.2, -0.15) is 0 Å².